The third kappa shape index (κ3) is 5.34. The van der Waals surface area contributed by atoms with E-state index in [0.717, 1.165) is 37.0 Å². The topological polar surface area (TPSA) is 114 Å². The standard InChI is InChI=1S/C27H44N4O5Si/c1-16-14-31(25(34)29-23(16)32)22-10-20(21(36-22)15-35-37(5,6)26(2,3)4)28-24(33)30-27-11-17-7-18(12-27)9-19(8-17)13-27/h14,17-22H,7-13,15H2,1-6H3,(H2,28,30,33)(H,29,32,34)/t17?,18?,19?,20-,21+,22+,27?/m0/s1. The number of carbonyl (C=O) groups excluding carboxylic acids is 1. The van der Waals surface area contributed by atoms with Crippen LogP contribution >= 0.6 is 0 Å². The van der Waals surface area contributed by atoms with Gasteiger partial charge >= 0.3 is 11.7 Å². The Morgan fingerprint density at radius 3 is 2.30 bits per heavy atom. The number of ether oxygens (including phenoxy) is 1. The zero-order valence-electron chi connectivity index (χ0n) is 23.2. The van der Waals surface area contributed by atoms with Crippen LogP contribution in [0.1, 0.15) is 77.5 Å². The largest absolute Gasteiger partial charge is 0.414 e. The van der Waals surface area contributed by atoms with E-state index >= 15 is 0 Å². The van der Waals surface area contributed by atoms with E-state index < -0.39 is 31.9 Å². The normalized spacial score (nSPS) is 35.1. The number of nitrogens with zero attached hydrogens (tertiary/aromatic N) is 1. The van der Waals surface area contributed by atoms with Gasteiger partial charge < -0.3 is 19.8 Å². The number of carbonyl (C=O) groups is 1. The second kappa shape index (κ2) is 9.38. The van der Waals surface area contributed by atoms with Crippen LogP contribution in [0.2, 0.25) is 18.1 Å². The molecular formula is C27H44N4O5Si. The summed E-state index contributed by atoms with van der Waals surface area (Å²) in [4.78, 5) is 40.2. The van der Waals surface area contributed by atoms with Crippen molar-refractivity contribution in [3.63, 3.8) is 0 Å². The predicted molar refractivity (Wildman–Crippen MR) is 144 cm³/mol. The molecule has 1 aromatic rings. The number of H-pyrrole nitrogens is 1. The van der Waals surface area contributed by atoms with Crippen LogP contribution in [-0.4, -0.2) is 48.2 Å². The summed E-state index contributed by atoms with van der Waals surface area (Å²) in [6, 6.07) is -0.471. The van der Waals surface area contributed by atoms with Gasteiger partial charge in [-0.15, -0.1) is 0 Å². The Hall–Kier alpha value is -1.91. The maximum atomic E-state index is 13.4. The van der Waals surface area contributed by atoms with E-state index in [9.17, 15) is 14.4 Å². The molecule has 9 nitrogen and oxygen atoms in total. The number of aromatic nitrogens is 2. The molecule has 3 N–H and O–H groups in total. The van der Waals surface area contributed by atoms with Crippen molar-refractivity contribution in [2.75, 3.05) is 6.61 Å². The molecule has 5 aliphatic rings. The number of hydrogen-bond donors (Lipinski definition) is 3. The average Bonchev–Trinajstić information content (AvgIpc) is 3.14. The van der Waals surface area contributed by atoms with Crippen LogP contribution in [0.15, 0.2) is 15.8 Å². The van der Waals surface area contributed by atoms with Crippen molar-refractivity contribution in [2.24, 2.45) is 17.8 Å². The summed E-state index contributed by atoms with van der Waals surface area (Å²) in [5.41, 5.74) is -0.559. The highest BCUT2D eigenvalue weighted by Gasteiger charge is 2.52. The second-order valence-corrected chi connectivity index (χ2v) is 18.6. The van der Waals surface area contributed by atoms with E-state index in [1.807, 2.05) is 0 Å². The third-order valence-electron chi connectivity index (χ3n) is 9.84. The first-order valence-corrected chi connectivity index (χ1v) is 16.8. The number of urea groups is 1. The molecule has 0 radical (unpaired) electrons. The Morgan fingerprint density at radius 2 is 1.73 bits per heavy atom. The van der Waals surface area contributed by atoms with Crippen LogP contribution in [0.5, 0.6) is 0 Å². The second-order valence-electron chi connectivity index (χ2n) is 13.8. The minimum atomic E-state index is -2.05. The maximum absolute atomic E-state index is 13.4. The van der Waals surface area contributed by atoms with E-state index in [-0.39, 0.29) is 22.7 Å². The van der Waals surface area contributed by atoms with Crippen LogP contribution in [0, 0.1) is 24.7 Å². The minimum absolute atomic E-state index is 0.0385. The molecule has 37 heavy (non-hydrogen) atoms. The average molecular weight is 533 g/mol. The van der Waals surface area contributed by atoms with Gasteiger partial charge in [-0.1, -0.05) is 20.8 Å². The maximum Gasteiger partial charge on any atom is 0.330 e. The predicted octanol–water partition coefficient (Wildman–Crippen LogP) is 3.79. The van der Waals surface area contributed by atoms with E-state index in [1.165, 1.54) is 30.0 Å². The van der Waals surface area contributed by atoms with Gasteiger partial charge in [-0.2, -0.15) is 0 Å². The number of amides is 2. The molecule has 0 aromatic carbocycles. The highest BCUT2D eigenvalue weighted by Crippen LogP contribution is 2.55. The van der Waals surface area contributed by atoms with E-state index in [1.54, 1.807) is 6.92 Å². The summed E-state index contributed by atoms with van der Waals surface area (Å²) < 4.78 is 14.2. The highest BCUT2D eigenvalue weighted by molar-refractivity contribution is 6.74. The van der Waals surface area contributed by atoms with Crippen molar-refractivity contribution in [1.29, 1.82) is 0 Å². The van der Waals surface area contributed by atoms with Gasteiger partial charge in [0.15, 0.2) is 8.32 Å². The van der Waals surface area contributed by atoms with Crippen LogP contribution in [0.25, 0.3) is 0 Å². The molecular weight excluding hydrogens is 488 g/mol. The van der Waals surface area contributed by atoms with Gasteiger partial charge in [-0.3, -0.25) is 14.3 Å². The number of hydrogen-bond acceptors (Lipinski definition) is 5. The van der Waals surface area contributed by atoms with Crippen LogP contribution < -0.4 is 21.9 Å². The van der Waals surface area contributed by atoms with Crippen LogP contribution in [-0.2, 0) is 9.16 Å². The Balaban J connectivity index is 1.31. The summed E-state index contributed by atoms with van der Waals surface area (Å²) >= 11 is 0. The number of aromatic amines is 1. The van der Waals surface area contributed by atoms with Crippen molar-refractivity contribution < 1.29 is 14.0 Å². The van der Waals surface area contributed by atoms with Crippen molar-refractivity contribution in [3.8, 4) is 0 Å². The number of nitrogens with one attached hydrogen (secondary N) is 3. The summed E-state index contributed by atoms with van der Waals surface area (Å²) in [6.45, 7) is 13.0. The molecule has 10 heteroatoms. The fourth-order valence-corrected chi connectivity index (χ4v) is 8.24. The lowest BCUT2D eigenvalue weighted by molar-refractivity contribution is -0.0269. The van der Waals surface area contributed by atoms with Gasteiger partial charge in [0.2, 0.25) is 0 Å². The van der Waals surface area contributed by atoms with Gasteiger partial charge in [0.05, 0.1) is 12.6 Å². The SMILES string of the molecule is Cc1cn([C@H]2C[C@H](NC(=O)NC34CC5CC(CC(C5)C3)C4)[C@@H](CO[Si](C)(C)C(C)(C)C)O2)c(=O)[nH]c1=O. The summed E-state index contributed by atoms with van der Waals surface area (Å²) in [5.74, 6) is 2.23. The molecule has 1 saturated heterocycles. The molecule has 4 aliphatic carbocycles. The molecule has 2 amide bonds. The Bertz CT molecular complexity index is 1120. The quantitative estimate of drug-likeness (QED) is 0.482. The van der Waals surface area contributed by atoms with Crippen LogP contribution in [0.3, 0.4) is 0 Å². The molecule has 6 rings (SSSR count). The third-order valence-corrected chi connectivity index (χ3v) is 14.3. The molecule has 1 aliphatic heterocycles. The summed E-state index contributed by atoms with van der Waals surface area (Å²) in [7, 11) is -2.05. The molecule has 4 saturated carbocycles. The molecule has 0 spiro atoms. The Kier molecular flexibility index (Phi) is 6.76. The molecule has 2 heterocycles. The van der Waals surface area contributed by atoms with Crippen LogP contribution in [0.4, 0.5) is 4.79 Å². The van der Waals surface area contributed by atoms with Crippen molar-refractivity contribution in [3.05, 3.63) is 32.6 Å². The fraction of sp³-hybridized carbons (Fsp3) is 0.815. The minimum Gasteiger partial charge on any atom is -0.414 e. The summed E-state index contributed by atoms with van der Waals surface area (Å²) in [5, 5.41) is 6.63. The van der Waals surface area contributed by atoms with Gasteiger partial charge in [-0.25, -0.2) is 9.59 Å². The number of aryl methyl sites for hydroxylation is 1. The Morgan fingerprint density at radius 1 is 1.14 bits per heavy atom. The molecule has 206 valence electrons. The fourth-order valence-electron chi connectivity index (χ4n) is 7.22. The van der Waals surface area contributed by atoms with Gasteiger partial charge in [0.25, 0.3) is 5.56 Å². The van der Waals surface area contributed by atoms with E-state index in [4.69, 9.17) is 9.16 Å². The van der Waals surface area contributed by atoms with E-state index in [2.05, 4.69) is 49.5 Å². The Labute approximate surface area is 220 Å². The molecule has 3 atom stereocenters. The smallest absolute Gasteiger partial charge is 0.330 e. The summed E-state index contributed by atoms with van der Waals surface area (Å²) in [6.07, 6.45) is 8.17. The molecule has 4 bridgehead atoms. The highest BCUT2D eigenvalue weighted by atomic mass is 28.4. The van der Waals surface area contributed by atoms with Gasteiger partial charge in [0, 0.05) is 23.7 Å². The van der Waals surface area contributed by atoms with E-state index in [0.29, 0.717) is 18.6 Å². The first-order chi connectivity index (χ1) is 17.2. The van der Waals surface area contributed by atoms with Gasteiger partial charge in [0.1, 0.15) is 12.3 Å². The van der Waals surface area contributed by atoms with Crippen molar-refractivity contribution in [2.45, 2.75) is 115 Å². The lowest BCUT2D eigenvalue weighted by Gasteiger charge is -2.56. The number of rotatable bonds is 6. The van der Waals surface area contributed by atoms with Crippen molar-refractivity contribution in [1.82, 2.24) is 20.2 Å². The first kappa shape index (κ1) is 26.7. The molecule has 0 unspecified atom stereocenters. The zero-order valence-corrected chi connectivity index (χ0v) is 24.2. The molecule has 5 fully saturated rings. The zero-order chi connectivity index (χ0) is 26.8. The monoisotopic (exact) mass is 532 g/mol. The first-order valence-electron chi connectivity index (χ1n) is 13.9. The van der Waals surface area contributed by atoms with Gasteiger partial charge in [-0.05, 0) is 81.3 Å². The molecule has 1 aromatic heterocycles. The lowest BCUT2D eigenvalue weighted by Crippen LogP contribution is -2.62. The van der Waals surface area contributed by atoms with Crippen molar-refractivity contribution >= 4 is 14.3 Å². The lowest BCUT2D eigenvalue weighted by atomic mass is 9.53.